The lowest BCUT2D eigenvalue weighted by atomic mass is 10.2. The van der Waals surface area contributed by atoms with Crippen LogP contribution in [0, 0.1) is 0 Å². The Morgan fingerprint density at radius 3 is 2.30 bits per heavy atom. The number of rotatable bonds is 2. The van der Waals surface area contributed by atoms with Gasteiger partial charge in [0.1, 0.15) is 0 Å². The summed E-state index contributed by atoms with van der Waals surface area (Å²) in [6.07, 6.45) is 0. The van der Waals surface area contributed by atoms with E-state index < -0.39 is 0 Å². The summed E-state index contributed by atoms with van der Waals surface area (Å²) in [5.41, 5.74) is 14.5. The van der Waals surface area contributed by atoms with Crippen LogP contribution in [-0.2, 0) is 0 Å². The van der Waals surface area contributed by atoms with E-state index in [-0.39, 0.29) is 0 Å². The molecule has 0 saturated heterocycles. The normalized spacial score (nSPS) is 10.1. The first-order chi connectivity index (χ1) is 9.45. The van der Waals surface area contributed by atoms with Gasteiger partial charge in [-0.15, -0.1) is 0 Å². The van der Waals surface area contributed by atoms with Crippen molar-refractivity contribution >= 4 is 71.9 Å². The Labute approximate surface area is 139 Å². The number of nitrogens with one attached hydrogen (secondary N) is 2. The number of halogens is 2. The van der Waals surface area contributed by atoms with Gasteiger partial charge in [-0.2, -0.15) is 0 Å². The number of benzene rings is 2. The van der Waals surface area contributed by atoms with Crippen LogP contribution in [0.2, 0.25) is 0 Å². The molecule has 104 valence electrons. The molecule has 0 aromatic heterocycles. The van der Waals surface area contributed by atoms with Crippen LogP contribution in [0.15, 0.2) is 45.3 Å². The van der Waals surface area contributed by atoms with Gasteiger partial charge >= 0.3 is 0 Å². The third-order valence-electron chi connectivity index (χ3n) is 2.51. The molecule has 0 fully saturated rings. The van der Waals surface area contributed by atoms with Crippen molar-refractivity contribution in [1.29, 1.82) is 0 Å². The molecule has 0 aliphatic carbocycles. The molecule has 7 heteroatoms. The molecule has 0 aliphatic rings. The van der Waals surface area contributed by atoms with Crippen molar-refractivity contribution in [3.63, 3.8) is 0 Å². The minimum Gasteiger partial charge on any atom is -0.399 e. The molecule has 2 rings (SSSR count). The summed E-state index contributed by atoms with van der Waals surface area (Å²) in [4.78, 5) is 0. The highest BCUT2D eigenvalue weighted by Gasteiger charge is 2.07. The minimum absolute atomic E-state index is 0.450. The lowest BCUT2D eigenvalue weighted by molar-refractivity contribution is 1.54. The van der Waals surface area contributed by atoms with E-state index in [0.29, 0.717) is 16.5 Å². The van der Waals surface area contributed by atoms with Crippen LogP contribution < -0.4 is 22.1 Å². The Balaban J connectivity index is 2.10. The summed E-state index contributed by atoms with van der Waals surface area (Å²) >= 11 is 12.1. The standard InChI is InChI=1S/C13H12Br2N4S/c14-7-5-10(15)12(17)11(6-7)19-13(20)18-9-3-1-8(16)2-4-9/h1-6H,16-17H2,(H2,18,19,20). The van der Waals surface area contributed by atoms with E-state index in [1.165, 1.54) is 0 Å². The molecule has 0 aliphatic heterocycles. The molecule has 0 spiro atoms. The number of nitrogens with two attached hydrogens (primary N) is 2. The van der Waals surface area contributed by atoms with Crippen molar-refractivity contribution in [2.24, 2.45) is 0 Å². The van der Waals surface area contributed by atoms with Crippen molar-refractivity contribution in [3.05, 3.63) is 45.3 Å². The molecule has 0 saturated carbocycles. The Bertz CT molecular complexity index is 644. The van der Waals surface area contributed by atoms with Crippen LogP contribution in [0.25, 0.3) is 0 Å². The first-order valence-corrected chi connectivity index (χ1v) is 7.63. The van der Waals surface area contributed by atoms with Gasteiger partial charge in [0.25, 0.3) is 0 Å². The Hall–Kier alpha value is -1.31. The van der Waals surface area contributed by atoms with Crippen LogP contribution in [0.1, 0.15) is 0 Å². The average Bonchev–Trinajstić information content (AvgIpc) is 2.38. The second-order valence-electron chi connectivity index (χ2n) is 4.05. The number of hydrogen-bond donors (Lipinski definition) is 4. The third kappa shape index (κ3) is 3.84. The van der Waals surface area contributed by atoms with Crippen LogP contribution in [0.5, 0.6) is 0 Å². The summed E-state index contributed by atoms with van der Waals surface area (Å²) in [7, 11) is 0. The summed E-state index contributed by atoms with van der Waals surface area (Å²) in [6, 6.07) is 11.0. The van der Waals surface area contributed by atoms with Gasteiger partial charge in [-0.3, -0.25) is 0 Å². The fraction of sp³-hybridized carbons (Fsp3) is 0. The van der Waals surface area contributed by atoms with Crippen LogP contribution in [0.4, 0.5) is 22.7 Å². The van der Waals surface area contributed by atoms with E-state index in [2.05, 4.69) is 42.5 Å². The summed E-state index contributed by atoms with van der Waals surface area (Å²) in [5.74, 6) is 0. The minimum atomic E-state index is 0.450. The molecule has 6 N–H and O–H groups in total. The number of hydrogen-bond acceptors (Lipinski definition) is 3. The van der Waals surface area contributed by atoms with Crippen molar-refractivity contribution in [2.75, 3.05) is 22.1 Å². The van der Waals surface area contributed by atoms with E-state index in [1.54, 1.807) is 12.1 Å². The van der Waals surface area contributed by atoms with Crippen LogP contribution in [0.3, 0.4) is 0 Å². The van der Waals surface area contributed by atoms with Gasteiger partial charge in [-0.25, -0.2) is 0 Å². The summed E-state index contributed by atoms with van der Waals surface area (Å²) in [5, 5.41) is 6.57. The highest BCUT2D eigenvalue weighted by molar-refractivity contribution is 9.11. The molecule has 0 unspecified atom stereocenters. The first kappa shape index (κ1) is 15.1. The molecule has 2 aromatic rings. The van der Waals surface area contributed by atoms with E-state index in [1.807, 2.05) is 24.3 Å². The van der Waals surface area contributed by atoms with Gasteiger partial charge in [0.05, 0.1) is 11.4 Å². The van der Waals surface area contributed by atoms with Gasteiger partial charge in [-0.05, 0) is 64.5 Å². The molecule has 0 bridgehead atoms. The van der Waals surface area contributed by atoms with Gasteiger partial charge in [-0.1, -0.05) is 15.9 Å². The molecule has 0 radical (unpaired) electrons. The van der Waals surface area contributed by atoms with Crippen molar-refractivity contribution < 1.29 is 0 Å². The zero-order valence-electron chi connectivity index (χ0n) is 10.3. The quantitative estimate of drug-likeness (QED) is 0.437. The van der Waals surface area contributed by atoms with E-state index >= 15 is 0 Å². The largest absolute Gasteiger partial charge is 0.399 e. The predicted octanol–water partition coefficient (Wildman–Crippen LogP) is 4.18. The maximum Gasteiger partial charge on any atom is 0.175 e. The molecule has 2 aromatic carbocycles. The van der Waals surface area contributed by atoms with Gasteiger partial charge in [0.15, 0.2) is 5.11 Å². The summed E-state index contributed by atoms with van der Waals surface area (Å²) < 4.78 is 1.70. The molecule has 0 atom stereocenters. The van der Waals surface area contributed by atoms with Gasteiger partial charge in [0, 0.05) is 20.3 Å². The van der Waals surface area contributed by atoms with Crippen molar-refractivity contribution in [3.8, 4) is 0 Å². The lowest BCUT2D eigenvalue weighted by Crippen LogP contribution is -2.19. The van der Waals surface area contributed by atoms with E-state index in [4.69, 9.17) is 23.7 Å². The SMILES string of the molecule is Nc1ccc(NC(=S)Nc2cc(Br)cc(Br)c2N)cc1. The second kappa shape index (κ2) is 6.43. The molecule has 20 heavy (non-hydrogen) atoms. The van der Waals surface area contributed by atoms with Gasteiger partial charge in [0.2, 0.25) is 0 Å². The first-order valence-electron chi connectivity index (χ1n) is 5.64. The van der Waals surface area contributed by atoms with Crippen LogP contribution >= 0.6 is 44.1 Å². The average molecular weight is 416 g/mol. The number of anilines is 4. The second-order valence-corrected chi connectivity index (χ2v) is 6.23. The molecule has 0 amide bonds. The maximum absolute atomic E-state index is 5.98. The molecular weight excluding hydrogens is 404 g/mol. The lowest BCUT2D eigenvalue weighted by Gasteiger charge is -2.14. The topological polar surface area (TPSA) is 76.1 Å². The molecule has 0 heterocycles. The van der Waals surface area contributed by atoms with E-state index in [9.17, 15) is 0 Å². The number of thiocarbonyl (C=S) groups is 1. The fourth-order valence-electron chi connectivity index (χ4n) is 1.54. The zero-order chi connectivity index (χ0) is 14.7. The fourth-order valence-corrected chi connectivity index (χ4v) is 2.99. The zero-order valence-corrected chi connectivity index (χ0v) is 14.3. The predicted molar refractivity (Wildman–Crippen MR) is 97.0 cm³/mol. The van der Waals surface area contributed by atoms with Crippen LogP contribution in [-0.4, -0.2) is 5.11 Å². The third-order valence-corrected chi connectivity index (χ3v) is 3.83. The Morgan fingerprint density at radius 2 is 1.65 bits per heavy atom. The summed E-state index contributed by atoms with van der Waals surface area (Å²) in [6.45, 7) is 0. The Morgan fingerprint density at radius 1 is 1.00 bits per heavy atom. The molecular formula is C13H12Br2N4S. The molecule has 4 nitrogen and oxygen atoms in total. The van der Waals surface area contributed by atoms with E-state index in [0.717, 1.165) is 20.3 Å². The maximum atomic E-state index is 5.98. The Kier molecular flexibility index (Phi) is 4.85. The van der Waals surface area contributed by atoms with Gasteiger partial charge < -0.3 is 22.1 Å². The van der Waals surface area contributed by atoms with Crippen molar-refractivity contribution in [2.45, 2.75) is 0 Å². The highest BCUT2D eigenvalue weighted by atomic mass is 79.9. The smallest absolute Gasteiger partial charge is 0.175 e. The number of nitrogen functional groups attached to an aromatic ring is 2. The monoisotopic (exact) mass is 414 g/mol. The highest BCUT2D eigenvalue weighted by Crippen LogP contribution is 2.32. The van der Waals surface area contributed by atoms with Crippen molar-refractivity contribution in [1.82, 2.24) is 0 Å².